The lowest BCUT2D eigenvalue weighted by molar-refractivity contribution is 0.0629. The molecule has 6 nitrogen and oxygen atoms in total. The summed E-state index contributed by atoms with van der Waals surface area (Å²) >= 11 is 0. The van der Waals surface area contributed by atoms with Crippen molar-refractivity contribution in [3.05, 3.63) is 107 Å². The van der Waals surface area contributed by atoms with Crippen molar-refractivity contribution < 1.29 is 13.9 Å². The van der Waals surface area contributed by atoms with Gasteiger partial charge in [-0.3, -0.25) is 9.88 Å². The first-order valence-electron chi connectivity index (χ1n) is 13.1. The number of rotatable bonds is 10. The molecule has 0 amide bonds. The highest BCUT2D eigenvalue weighted by molar-refractivity contribution is 5.89. The minimum absolute atomic E-state index is 0.233. The predicted octanol–water partition coefficient (Wildman–Crippen LogP) is 5.84. The summed E-state index contributed by atoms with van der Waals surface area (Å²) in [4.78, 5) is 8.71. The van der Waals surface area contributed by atoms with Gasteiger partial charge in [-0.25, -0.2) is 4.39 Å². The van der Waals surface area contributed by atoms with E-state index in [-0.39, 0.29) is 6.04 Å². The van der Waals surface area contributed by atoms with E-state index < -0.39 is 6.80 Å². The molecule has 0 saturated carbocycles. The van der Waals surface area contributed by atoms with Gasteiger partial charge in [0.1, 0.15) is 18.0 Å². The Morgan fingerprint density at radius 1 is 1.16 bits per heavy atom. The zero-order chi connectivity index (χ0) is 26.3. The Labute approximate surface area is 224 Å². The Kier molecular flexibility index (Phi) is 8.36. The Morgan fingerprint density at radius 2 is 2.00 bits per heavy atom. The molecule has 1 N–H and O–H groups in total. The second-order valence-corrected chi connectivity index (χ2v) is 9.58. The highest BCUT2D eigenvalue weighted by Gasteiger charge is 2.26. The molecule has 2 aliphatic rings. The summed E-state index contributed by atoms with van der Waals surface area (Å²) in [6.45, 7) is 4.72. The molecular weight excluding hydrogens is 479 g/mol. The van der Waals surface area contributed by atoms with Crippen molar-refractivity contribution in [1.82, 2.24) is 20.1 Å². The molecule has 1 unspecified atom stereocenters. The van der Waals surface area contributed by atoms with Crippen molar-refractivity contribution in [2.24, 2.45) is 0 Å². The minimum atomic E-state index is -0.583. The minimum Gasteiger partial charge on any atom is -0.495 e. The number of hydrogen-bond acceptors (Lipinski definition) is 6. The van der Waals surface area contributed by atoms with Gasteiger partial charge in [0, 0.05) is 49.4 Å². The van der Waals surface area contributed by atoms with Gasteiger partial charge in [-0.1, -0.05) is 48.6 Å². The average molecular weight is 515 g/mol. The molecule has 0 bridgehead atoms. The first kappa shape index (κ1) is 25.9. The average Bonchev–Trinajstić information content (AvgIpc) is 3.22. The van der Waals surface area contributed by atoms with Crippen molar-refractivity contribution in [1.29, 1.82) is 0 Å². The van der Waals surface area contributed by atoms with E-state index in [2.05, 4.69) is 58.5 Å². The van der Waals surface area contributed by atoms with E-state index in [0.29, 0.717) is 32.1 Å². The topological polar surface area (TPSA) is 49.9 Å². The molecule has 5 rings (SSSR count). The third-order valence-electron chi connectivity index (χ3n) is 7.24. The summed E-state index contributed by atoms with van der Waals surface area (Å²) in [6.07, 6.45) is 10.5. The van der Waals surface area contributed by atoms with Gasteiger partial charge in [-0.2, -0.15) is 0 Å². The Bertz CT molecular complexity index is 1340. The summed E-state index contributed by atoms with van der Waals surface area (Å²) in [5.41, 5.74) is 5.22. The molecule has 2 aromatic carbocycles. The monoisotopic (exact) mass is 514 g/mol. The van der Waals surface area contributed by atoms with Crippen molar-refractivity contribution >= 4 is 10.9 Å². The number of halogens is 1. The first-order chi connectivity index (χ1) is 18.7. The van der Waals surface area contributed by atoms with Gasteiger partial charge < -0.3 is 19.7 Å². The second-order valence-electron chi connectivity index (χ2n) is 9.58. The molecule has 1 aliphatic carbocycles. The fourth-order valence-electron chi connectivity index (χ4n) is 5.10. The van der Waals surface area contributed by atoms with Gasteiger partial charge in [-0.15, -0.1) is 0 Å². The smallest absolute Gasteiger partial charge is 0.162 e. The molecule has 198 valence electrons. The Morgan fingerprint density at radius 3 is 2.82 bits per heavy atom. The molecular formula is C31H35FN4O2. The van der Waals surface area contributed by atoms with Crippen LogP contribution in [0.2, 0.25) is 0 Å². The molecule has 0 saturated heterocycles. The number of nitrogens with zero attached hydrogens (tertiary/aromatic N) is 3. The van der Waals surface area contributed by atoms with Crippen molar-refractivity contribution in [3.63, 3.8) is 0 Å². The molecule has 38 heavy (non-hydrogen) atoms. The number of nitrogens with one attached hydrogen (secondary N) is 1. The first-order valence-corrected chi connectivity index (χ1v) is 13.1. The van der Waals surface area contributed by atoms with Crippen LogP contribution in [0.4, 0.5) is 4.39 Å². The zero-order valence-electron chi connectivity index (χ0n) is 22.1. The fraction of sp³-hybridized carbons (Fsp3) is 0.323. The van der Waals surface area contributed by atoms with Crippen LogP contribution in [0.3, 0.4) is 0 Å². The molecule has 1 aliphatic heterocycles. The third kappa shape index (κ3) is 5.59. The number of aromatic nitrogens is 1. The number of alkyl halides is 1. The Balaban J connectivity index is 1.30. The number of pyridine rings is 1. The molecule has 3 aromatic rings. The molecule has 1 atom stereocenters. The van der Waals surface area contributed by atoms with Crippen LogP contribution in [0, 0.1) is 0 Å². The van der Waals surface area contributed by atoms with Gasteiger partial charge >= 0.3 is 0 Å². The van der Waals surface area contributed by atoms with E-state index in [4.69, 9.17) is 9.47 Å². The molecule has 0 fully saturated rings. The van der Waals surface area contributed by atoms with E-state index in [1.165, 1.54) is 5.56 Å². The maximum absolute atomic E-state index is 14.0. The van der Waals surface area contributed by atoms with Crippen LogP contribution in [0.15, 0.2) is 90.5 Å². The predicted molar refractivity (Wildman–Crippen MR) is 149 cm³/mol. The van der Waals surface area contributed by atoms with E-state index in [1.807, 2.05) is 42.6 Å². The molecule has 0 spiro atoms. The van der Waals surface area contributed by atoms with Crippen LogP contribution in [0.25, 0.3) is 10.9 Å². The highest BCUT2D eigenvalue weighted by atomic mass is 19.1. The standard InChI is InChI=1S/C31H35FN4O2/c1-23(24-10-5-3-6-11-24)36-20-26-18-25(27-12-9-15-34-30(27)31(26)38-22-36)19-33-16-17-35(21-32)28-13-7-4-8-14-29(28)37-2/h3,5-15,18,23,33H,4,16-17,19-22H2,1-2H3. The molecule has 1 aromatic heterocycles. The van der Waals surface area contributed by atoms with Crippen molar-refractivity contribution in [2.75, 3.05) is 33.7 Å². The lowest BCUT2D eigenvalue weighted by Crippen LogP contribution is -2.34. The quantitative estimate of drug-likeness (QED) is 0.271. The van der Waals surface area contributed by atoms with E-state index in [9.17, 15) is 4.39 Å². The van der Waals surface area contributed by atoms with Crippen molar-refractivity contribution in [2.45, 2.75) is 32.5 Å². The summed E-state index contributed by atoms with van der Waals surface area (Å²) in [5, 5.41) is 4.59. The van der Waals surface area contributed by atoms with Crippen LogP contribution < -0.4 is 10.1 Å². The molecule has 7 heteroatoms. The molecule has 2 heterocycles. The van der Waals surface area contributed by atoms with E-state index >= 15 is 0 Å². The third-order valence-corrected chi connectivity index (χ3v) is 7.24. The van der Waals surface area contributed by atoms with E-state index in [0.717, 1.165) is 46.4 Å². The van der Waals surface area contributed by atoms with Gasteiger partial charge in [-0.05, 0) is 48.8 Å². The fourth-order valence-corrected chi connectivity index (χ4v) is 5.10. The number of allylic oxidation sites excluding steroid dienone is 4. The summed E-state index contributed by atoms with van der Waals surface area (Å²) in [7, 11) is 1.62. The summed E-state index contributed by atoms with van der Waals surface area (Å²) < 4.78 is 25.7. The van der Waals surface area contributed by atoms with Gasteiger partial charge in [0.2, 0.25) is 0 Å². The number of methoxy groups -OCH3 is 1. The maximum atomic E-state index is 14.0. The number of benzene rings is 2. The number of hydrogen-bond donors (Lipinski definition) is 1. The Hall–Kier alpha value is -3.68. The van der Waals surface area contributed by atoms with Crippen LogP contribution >= 0.6 is 0 Å². The van der Waals surface area contributed by atoms with Crippen molar-refractivity contribution in [3.8, 4) is 5.75 Å². The van der Waals surface area contributed by atoms with Crippen LogP contribution in [0.1, 0.15) is 36.1 Å². The summed E-state index contributed by atoms with van der Waals surface area (Å²) in [5.74, 6) is 1.55. The SMILES string of the molecule is COC1=C(N(CF)CCNCc2cc3c(c4ncccc24)OCN(C(C)c2ccccc2)C3)C=CCC=C1. The number of ether oxygens (including phenoxy) is 2. The van der Waals surface area contributed by atoms with Crippen LogP contribution in [0.5, 0.6) is 5.75 Å². The van der Waals surface area contributed by atoms with E-state index in [1.54, 1.807) is 12.0 Å². The number of fused-ring (bicyclic) bond motifs is 3. The van der Waals surface area contributed by atoms with Crippen LogP contribution in [-0.4, -0.2) is 48.5 Å². The highest BCUT2D eigenvalue weighted by Crippen LogP contribution is 2.37. The zero-order valence-corrected chi connectivity index (χ0v) is 22.1. The molecule has 0 radical (unpaired) electrons. The lowest BCUT2D eigenvalue weighted by atomic mass is 10.00. The van der Waals surface area contributed by atoms with Gasteiger partial charge in [0.25, 0.3) is 0 Å². The van der Waals surface area contributed by atoms with Gasteiger partial charge in [0.15, 0.2) is 12.5 Å². The second kappa shape index (κ2) is 12.2. The van der Waals surface area contributed by atoms with Crippen LogP contribution in [-0.2, 0) is 17.8 Å². The summed E-state index contributed by atoms with van der Waals surface area (Å²) in [6, 6.07) is 17.0. The maximum Gasteiger partial charge on any atom is 0.162 e. The normalized spacial score (nSPS) is 16.2. The largest absolute Gasteiger partial charge is 0.495 e. The lowest BCUT2D eigenvalue weighted by Gasteiger charge is -2.34. The van der Waals surface area contributed by atoms with Gasteiger partial charge in [0.05, 0.1) is 12.8 Å².